The first-order chi connectivity index (χ1) is 12.7. The fourth-order valence-electron chi connectivity index (χ4n) is 2.59. The van der Waals surface area contributed by atoms with Gasteiger partial charge in [-0.15, -0.1) is 0 Å². The normalized spacial score (nSPS) is 18.6. The Morgan fingerprint density at radius 1 is 1.08 bits per heavy atom. The van der Waals surface area contributed by atoms with Crippen molar-refractivity contribution < 1.29 is 9.53 Å². The lowest BCUT2D eigenvalue weighted by Crippen LogP contribution is -2.25. The van der Waals surface area contributed by atoms with Gasteiger partial charge in [0.2, 0.25) is 0 Å². The highest BCUT2D eigenvalue weighted by Gasteiger charge is 2.04. The Hall–Kier alpha value is -2.62. The lowest BCUT2D eigenvalue weighted by atomic mass is 10.1. The van der Waals surface area contributed by atoms with Crippen LogP contribution < -0.4 is 5.32 Å². The van der Waals surface area contributed by atoms with Gasteiger partial charge in [-0.05, 0) is 37.8 Å². The molecule has 0 saturated heterocycles. The highest BCUT2D eigenvalue weighted by atomic mass is 16.5. The average Bonchev–Trinajstić information content (AvgIpc) is 2.80. The molecule has 0 aromatic rings. The highest BCUT2D eigenvalue weighted by molar-refractivity contribution is 5.67. The van der Waals surface area contributed by atoms with Gasteiger partial charge in [-0.2, -0.15) is 0 Å². The molecule has 0 saturated carbocycles. The molecule has 1 heterocycles. The van der Waals surface area contributed by atoms with E-state index in [0.29, 0.717) is 13.2 Å². The molecule has 0 atom stereocenters. The van der Waals surface area contributed by atoms with Crippen LogP contribution in [0, 0.1) is 0 Å². The second-order valence-corrected chi connectivity index (χ2v) is 6.29. The summed E-state index contributed by atoms with van der Waals surface area (Å²) in [7, 11) is 0. The van der Waals surface area contributed by atoms with E-state index in [2.05, 4.69) is 40.7 Å². The number of carbonyl (C=O) groups excluding carboxylic acids is 1. The SMILES string of the molecule is CC1=CC=C(CCOC(=O)NCCCCC2=C/C=C\C=C/C=C2)CC=N1. The van der Waals surface area contributed by atoms with Crippen molar-refractivity contribution in [2.45, 2.75) is 39.0 Å². The summed E-state index contributed by atoms with van der Waals surface area (Å²) in [4.78, 5) is 16.0. The first-order valence-corrected chi connectivity index (χ1v) is 9.24. The maximum atomic E-state index is 11.7. The summed E-state index contributed by atoms with van der Waals surface area (Å²) >= 11 is 0. The average molecular weight is 352 g/mol. The molecule has 0 aromatic heterocycles. The van der Waals surface area contributed by atoms with Crippen molar-refractivity contribution in [1.82, 2.24) is 5.32 Å². The van der Waals surface area contributed by atoms with Crippen molar-refractivity contribution in [3.63, 3.8) is 0 Å². The molecular weight excluding hydrogens is 324 g/mol. The predicted molar refractivity (Wildman–Crippen MR) is 108 cm³/mol. The third kappa shape index (κ3) is 8.47. The van der Waals surface area contributed by atoms with Crippen LogP contribution in [0.1, 0.15) is 39.0 Å². The van der Waals surface area contributed by atoms with Gasteiger partial charge in [0.25, 0.3) is 0 Å². The largest absolute Gasteiger partial charge is 0.449 e. The number of hydrogen-bond donors (Lipinski definition) is 1. The number of allylic oxidation sites excluding steroid dienone is 11. The van der Waals surface area contributed by atoms with Crippen molar-refractivity contribution >= 4 is 12.3 Å². The van der Waals surface area contributed by atoms with E-state index >= 15 is 0 Å². The highest BCUT2D eigenvalue weighted by Crippen LogP contribution is 2.12. The summed E-state index contributed by atoms with van der Waals surface area (Å²) in [5.41, 5.74) is 3.53. The van der Waals surface area contributed by atoms with Gasteiger partial charge in [0.05, 0.1) is 6.61 Å². The quantitative estimate of drug-likeness (QED) is 0.611. The van der Waals surface area contributed by atoms with E-state index < -0.39 is 0 Å². The number of nitrogens with one attached hydrogen (secondary N) is 1. The summed E-state index contributed by atoms with van der Waals surface area (Å²) < 4.78 is 5.24. The van der Waals surface area contributed by atoms with Crippen LogP contribution in [0.2, 0.25) is 0 Å². The Kier molecular flexibility index (Phi) is 8.98. The van der Waals surface area contributed by atoms with Crippen LogP contribution in [0.5, 0.6) is 0 Å². The molecule has 2 rings (SSSR count). The molecule has 1 amide bonds. The molecule has 0 bridgehead atoms. The van der Waals surface area contributed by atoms with Crippen molar-refractivity contribution in [3.05, 3.63) is 71.5 Å². The number of ether oxygens (including phenoxy) is 1. The molecule has 2 aliphatic rings. The minimum Gasteiger partial charge on any atom is -0.449 e. The van der Waals surface area contributed by atoms with Crippen LogP contribution >= 0.6 is 0 Å². The molecule has 0 aromatic carbocycles. The fraction of sp³-hybridized carbons (Fsp3) is 0.364. The molecule has 0 unspecified atom stereocenters. The predicted octanol–water partition coefficient (Wildman–Crippen LogP) is 5.19. The van der Waals surface area contributed by atoms with Gasteiger partial charge in [-0.3, -0.25) is 4.99 Å². The number of nitrogens with zero attached hydrogens (tertiary/aromatic N) is 1. The molecule has 1 N–H and O–H groups in total. The van der Waals surface area contributed by atoms with E-state index in [4.69, 9.17) is 4.74 Å². The van der Waals surface area contributed by atoms with E-state index in [-0.39, 0.29) is 6.09 Å². The van der Waals surface area contributed by atoms with Crippen molar-refractivity contribution in [3.8, 4) is 0 Å². The third-order valence-electron chi connectivity index (χ3n) is 4.09. The number of amides is 1. The van der Waals surface area contributed by atoms with Gasteiger partial charge in [0.15, 0.2) is 0 Å². The van der Waals surface area contributed by atoms with Crippen molar-refractivity contribution in [1.29, 1.82) is 0 Å². The summed E-state index contributed by atoms with van der Waals surface area (Å²) in [6, 6.07) is 0. The molecule has 26 heavy (non-hydrogen) atoms. The first kappa shape index (κ1) is 19.7. The van der Waals surface area contributed by atoms with E-state index in [1.807, 2.05) is 37.4 Å². The number of aliphatic imine (C=N–C) groups is 1. The Morgan fingerprint density at radius 3 is 2.85 bits per heavy atom. The zero-order valence-corrected chi connectivity index (χ0v) is 15.5. The molecule has 4 nitrogen and oxygen atoms in total. The molecule has 0 radical (unpaired) electrons. The standard InChI is InChI=1S/C22H28N2O2/c1-19-12-13-21(14-17-23-19)15-18-26-22(25)24-16-8-7-11-20-9-5-3-2-4-6-10-20/h2-6,9-10,12-13,17H,7-8,11,14-16,18H2,1H3,(H,24,25)/b3-2-,4-2?,5-3?,6-4-,9-5?,10-6?,20-9?,20-10?. The summed E-state index contributed by atoms with van der Waals surface area (Å²) in [5, 5.41) is 2.82. The number of carbonyl (C=O) groups is 1. The van der Waals surface area contributed by atoms with Gasteiger partial charge in [0.1, 0.15) is 0 Å². The van der Waals surface area contributed by atoms with Crippen LogP contribution in [0.4, 0.5) is 4.79 Å². The van der Waals surface area contributed by atoms with E-state index in [0.717, 1.165) is 37.8 Å². The van der Waals surface area contributed by atoms with E-state index in [9.17, 15) is 4.79 Å². The van der Waals surface area contributed by atoms with Crippen molar-refractivity contribution in [2.24, 2.45) is 4.99 Å². The smallest absolute Gasteiger partial charge is 0.407 e. The molecule has 1 aliphatic heterocycles. The van der Waals surface area contributed by atoms with Gasteiger partial charge in [-0.1, -0.05) is 54.2 Å². The second-order valence-electron chi connectivity index (χ2n) is 6.29. The lowest BCUT2D eigenvalue weighted by Gasteiger charge is -2.08. The first-order valence-electron chi connectivity index (χ1n) is 9.24. The van der Waals surface area contributed by atoms with Gasteiger partial charge < -0.3 is 10.1 Å². The van der Waals surface area contributed by atoms with Crippen molar-refractivity contribution in [2.75, 3.05) is 13.2 Å². The zero-order chi connectivity index (χ0) is 18.5. The maximum absolute atomic E-state index is 11.7. The van der Waals surface area contributed by atoms with E-state index in [1.54, 1.807) is 0 Å². The fourth-order valence-corrected chi connectivity index (χ4v) is 2.59. The summed E-state index contributed by atoms with van der Waals surface area (Å²) in [6.07, 6.45) is 24.6. The number of hydrogen-bond acceptors (Lipinski definition) is 3. The summed E-state index contributed by atoms with van der Waals surface area (Å²) in [5.74, 6) is 0. The maximum Gasteiger partial charge on any atom is 0.407 e. The minimum atomic E-state index is -0.335. The number of alkyl carbamates (subject to hydrolysis) is 1. The van der Waals surface area contributed by atoms with Crippen LogP contribution in [0.15, 0.2) is 76.5 Å². The Balaban J connectivity index is 1.53. The van der Waals surface area contributed by atoms with Crippen LogP contribution in [0.3, 0.4) is 0 Å². The Labute approximate surface area is 156 Å². The molecule has 4 heteroatoms. The van der Waals surface area contributed by atoms with Gasteiger partial charge in [0, 0.05) is 31.3 Å². The minimum absolute atomic E-state index is 0.335. The van der Waals surface area contributed by atoms with Crippen LogP contribution in [-0.2, 0) is 4.74 Å². The van der Waals surface area contributed by atoms with Gasteiger partial charge in [-0.25, -0.2) is 4.79 Å². The number of rotatable bonds is 8. The van der Waals surface area contributed by atoms with Crippen LogP contribution in [-0.4, -0.2) is 25.5 Å². The van der Waals surface area contributed by atoms with Gasteiger partial charge >= 0.3 is 6.09 Å². The summed E-state index contributed by atoms with van der Waals surface area (Å²) in [6.45, 7) is 3.01. The molecule has 138 valence electrons. The number of unbranched alkanes of at least 4 members (excludes halogenated alkanes) is 1. The Bertz CT molecular complexity index is 676. The third-order valence-corrected chi connectivity index (χ3v) is 4.09. The Morgan fingerprint density at radius 2 is 1.92 bits per heavy atom. The molecule has 1 aliphatic carbocycles. The zero-order valence-electron chi connectivity index (χ0n) is 15.5. The topological polar surface area (TPSA) is 50.7 Å². The molecular formula is C22H28N2O2. The monoisotopic (exact) mass is 352 g/mol. The molecule has 0 spiro atoms. The van der Waals surface area contributed by atoms with Crippen LogP contribution in [0.25, 0.3) is 0 Å². The second kappa shape index (κ2) is 11.9. The van der Waals surface area contributed by atoms with E-state index in [1.165, 1.54) is 11.1 Å². The molecule has 0 fully saturated rings. The lowest BCUT2D eigenvalue weighted by molar-refractivity contribution is 0.147.